The van der Waals surface area contributed by atoms with Crippen molar-refractivity contribution in [1.29, 1.82) is 0 Å². The summed E-state index contributed by atoms with van der Waals surface area (Å²) in [6, 6.07) is 26.3. The van der Waals surface area contributed by atoms with E-state index in [1.54, 1.807) is 7.11 Å². The molecule has 0 radical (unpaired) electrons. The van der Waals surface area contributed by atoms with E-state index < -0.39 is 0 Å². The van der Waals surface area contributed by atoms with Crippen LogP contribution in [0.2, 0.25) is 0 Å². The first-order chi connectivity index (χ1) is 18.8. The molecule has 0 spiro atoms. The van der Waals surface area contributed by atoms with Gasteiger partial charge in [0, 0.05) is 57.2 Å². The van der Waals surface area contributed by atoms with Gasteiger partial charge in [0.05, 0.1) is 33.5 Å². The summed E-state index contributed by atoms with van der Waals surface area (Å²) in [5, 5.41) is 0. The summed E-state index contributed by atoms with van der Waals surface area (Å²) in [4.78, 5) is 7.35. The minimum absolute atomic E-state index is 0.637. The number of morpholine rings is 1. The van der Waals surface area contributed by atoms with Crippen LogP contribution < -0.4 is 14.5 Å². The summed E-state index contributed by atoms with van der Waals surface area (Å²) in [6.45, 7) is 9.98. The summed E-state index contributed by atoms with van der Waals surface area (Å²) >= 11 is 0. The van der Waals surface area contributed by atoms with Crippen LogP contribution >= 0.6 is 0 Å². The molecule has 0 atom stereocenters. The molecular weight excluding hydrogens is 474 g/mol. The number of nitrogens with zero attached hydrogens (tertiary/aromatic N) is 3. The predicted molar refractivity (Wildman–Crippen MR) is 154 cm³/mol. The molecule has 38 heavy (non-hydrogen) atoms. The summed E-state index contributed by atoms with van der Waals surface area (Å²) in [6.07, 6.45) is 2.57. The molecule has 0 aliphatic carbocycles. The second-order valence-electron chi connectivity index (χ2n) is 10.2. The third-order valence-electron chi connectivity index (χ3n) is 7.49. The molecule has 2 heterocycles. The Labute approximate surface area is 227 Å². The van der Waals surface area contributed by atoms with Crippen LogP contribution in [0.25, 0.3) is 0 Å². The monoisotopic (exact) mass is 515 g/mol. The van der Waals surface area contributed by atoms with Crippen LogP contribution in [-0.4, -0.2) is 64.6 Å². The lowest BCUT2D eigenvalue weighted by molar-refractivity contribution is 0.0180. The lowest BCUT2D eigenvalue weighted by atomic mass is 10.1. The van der Waals surface area contributed by atoms with Gasteiger partial charge in [-0.1, -0.05) is 36.4 Å². The third-order valence-corrected chi connectivity index (χ3v) is 7.49. The van der Waals surface area contributed by atoms with E-state index >= 15 is 0 Å². The maximum atomic E-state index is 5.99. The van der Waals surface area contributed by atoms with Gasteiger partial charge in [-0.2, -0.15) is 0 Å². The van der Waals surface area contributed by atoms with Crippen molar-refractivity contribution < 1.29 is 14.2 Å². The topological polar surface area (TPSA) is 37.4 Å². The van der Waals surface area contributed by atoms with Gasteiger partial charge >= 0.3 is 0 Å². The lowest BCUT2D eigenvalue weighted by Gasteiger charge is -2.27. The van der Waals surface area contributed by atoms with Crippen LogP contribution in [0.1, 0.15) is 29.5 Å². The van der Waals surface area contributed by atoms with Crippen molar-refractivity contribution in [3.8, 4) is 5.75 Å². The first kappa shape index (κ1) is 26.5. The van der Waals surface area contributed by atoms with Gasteiger partial charge < -0.3 is 24.0 Å². The summed E-state index contributed by atoms with van der Waals surface area (Å²) in [5.41, 5.74) is 6.30. The van der Waals surface area contributed by atoms with Gasteiger partial charge in [0.1, 0.15) is 5.75 Å². The Morgan fingerprint density at radius 2 is 1.50 bits per heavy atom. The Balaban J connectivity index is 1.25. The Kier molecular flexibility index (Phi) is 9.54. The second kappa shape index (κ2) is 13.7. The molecule has 0 saturated carbocycles. The highest BCUT2D eigenvalue weighted by molar-refractivity contribution is 5.53. The van der Waals surface area contributed by atoms with Gasteiger partial charge in [-0.05, 0) is 65.9 Å². The van der Waals surface area contributed by atoms with E-state index in [4.69, 9.17) is 14.2 Å². The van der Waals surface area contributed by atoms with E-state index in [0.29, 0.717) is 6.61 Å². The van der Waals surface area contributed by atoms with Crippen molar-refractivity contribution in [1.82, 2.24) is 4.90 Å². The largest absolute Gasteiger partial charge is 0.497 e. The second-order valence-corrected chi connectivity index (χ2v) is 10.2. The van der Waals surface area contributed by atoms with E-state index in [2.05, 4.69) is 81.4 Å². The number of methoxy groups -OCH3 is 1. The highest BCUT2D eigenvalue weighted by atomic mass is 16.5. The van der Waals surface area contributed by atoms with Crippen LogP contribution in [-0.2, 0) is 29.2 Å². The van der Waals surface area contributed by atoms with Crippen LogP contribution in [0, 0.1) is 0 Å². The Morgan fingerprint density at radius 3 is 2.24 bits per heavy atom. The Morgan fingerprint density at radius 1 is 0.789 bits per heavy atom. The van der Waals surface area contributed by atoms with Crippen molar-refractivity contribution in [3.05, 3.63) is 89.5 Å². The first-order valence-electron chi connectivity index (χ1n) is 14.0. The van der Waals surface area contributed by atoms with Gasteiger partial charge in [0.2, 0.25) is 0 Å². The number of hydrogen-bond donors (Lipinski definition) is 0. The standard InChI is InChI=1S/C32H41N3O3/c1-36-32-9-5-7-29(23-32)25-35(24-28-6-4-8-31(22-28)34-14-2-3-15-34)30-12-10-27(11-13-30)26-38-21-18-33-16-19-37-20-17-33/h4-13,22-23H,2-3,14-21,24-26H2,1H3. The normalized spacial score (nSPS) is 16.1. The Bertz CT molecular complexity index is 1120. The molecule has 2 saturated heterocycles. The molecule has 202 valence electrons. The molecule has 0 amide bonds. The van der Waals surface area contributed by atoms with Gasteiger partial charge in [-0.15, -0.1) is 0 Å². The summed E-state index contributed by atoms with van der Waals surface area (Å²) < 4.78 is 16.9. The molecule has 2 aliphatic rings. The molecule has 0 N–H and O–H groups in total. The molecule has 6 nitrogen and oxygen atoms in total. The molecule has 5 rings (SSSR count). The van der Waals surface area contributed by atoms with Gasteiger partial charge in [0.15, 0.2) is 0 Å². The molecule has 6 heteroatoms. The molecule has 0 unspecified atom stereocenters. The maximum absolute atomic E-state index is 5.99. The molecule has 0 bridgehead atoms. The molecular formula is C32H41N3O3. The smallest absolute Gasteiger partial charge is 0.119 e. The number of benzene rings is 3. The molecule has 2 aliphatic heterocycles. The van der Waals surface area contributed by atoms with Crippen molar-refractivity contribution in [2.24, 2.45) is 0 Å². The number of rotatable bonds is 12. The van der Waals surface area contributed by atoms with Crippen LogP contribution in [0.15, 0.2) is 72.8 Å². The van der Waals surface area contributed by atoms with E-state index in [1.807, 2.05) is 6.07 Å². The Hall–Kier alpha value is -3.06. The van der Waals surface area contributed by atoms with E-state index in [-0.39, 0.29) is 0 Å². The minimum atomic E-state index is 0.637. The SMILES string of the molecule is COc1cccc(CN(Cc2cccc(N3CCCC3)c2)c2ccc(COCCN3CCOCC3)cc2)c1. The van der Waals surface area contributed by atoms with Crippen LogP contribution in [0.3, 0.4) is 0 Å². The molecule has 3 aromatic rings. The maximum Gasteiger partial charge on any atom is 0.119 e. The third kappa shape index (κ3) is 7.50. The number of hydrogen-bond acceptors (Lipinski definition) is 6. The average Bonchev–Trinajstić information content (AvgIpc) is 3.52. The number of anilines is 2. The highest BCUT2D eigenvalue weighted by Crippen LogP contribution is 2.26. The summed E-state index contributed by atoms with van der Waals surface area (Å²) in [7, 11) is 1.72. The minimum Gasteiger partial charge on any atom is -0.497 e. The van der Waals surface area contributed by atoms with E-state index in [1.165, 1.54) is 40.9 Å². The lowest BCUT2D eigenvalue weighted by Crippen LogP contribution is -2.38. The fourth-order valence-electron chi connectivity index (χ4n) is 5.29. The molecule has 0 aromatic heterocycles. The van der Waals surface area contributed by atoms with Crippen LogP contribution in [0.5, 0.6) is 5.75 Å². The zero-order chi connectivity index (χ0) is 26.0. The zero-order valence-corrected chi connectivity index (χ0v) is 22.7. The fourth-order valence-corrected chi connectivity index (χ4v) is 5.29. The van der Waals surface area contributed by atoms with Crippen molar-refractivity contribution in [2.45, 2.75) is 32.5 Å². The fraction of sp³-hybridized carbons (Fsp3) is 0.438. The summed E-state index contributed by atoms with van der Waals surface area (Å²) in [5.74, 6) is 0.892. The van der Waals surface area contributed by atoms with Crippen LogP contribution in [0.4, 0.5) is 11.4 Å². The van der Waals surface area contributed by atoms with Gasteiger partial charge in [-0.25, -0.2) is 0 Å². The number of ether oxygens (including phenoxy) is 3. The van der Waals surface area contributed by atoms with E-state index in [0.717, 1.165) is 71.4 Å². The quantitative estimate of drug-likeness (QED) is 0.303. The molecule has 2 fully saturated rings. The van der Waals surface area contributed by atoms with E-state index in [9.17, 15) is 0 Å². The predicted octanol–water partition coefficient (Wildman–Crippen LogP) is 5.35. The van der Waals surface area contributed by atoms with Crippen molar-refractivity contribution >= 4 is 11.4 Å². The average molecular weight is 516 g/mol. The molecule has 3 aromatic carbocycles. The highest BCUT2D eigenvalue weighted by Gasteiger charge is 2.15. The first-order valence-corrected chi connectivity index (χ1v) is 14.0. The zero-order valence-electron chi connectivity index (χ0n) is 22.7. The van der Waals surface area contributed by atoms with Gasteiger partial charge in [0.25, 0.3) is 0 Å². The van der Waals surface area contributed by atoms with Gasteiger partial charge in [-0.3, -0.25) is 4.90 Å². The van der Waals surface area contributed by atoms with Crippen molar-refractivity contribution in [2.75, 3.05) is 69.5 Å². The van der Waals surface area contributed by atoms with Crippen molar-refractivity contribution in [3.63, 3.8) is 0 Å².